The van der Waals surface area contributed by atoms with Crippen molar-refractivity contribution in [3.8, 4) is 11.5 Å². The number of hydrogen-bond acceptors (Lipinski definition) is 4. The monoisotopic (exact) mass is 333 g/mol. The summed E-state index contributed by atoms with van der Waals surface area (Å²) in [5.41, 5.74) is 1.79. The summed E-state index contributed by atoms with van der Waals surface area (Å²) in [6, 6.07) is 3.42. The van der Waals surface area contributed by atoms with Crippen molar-refractivity contribution in [3.05, 3.63) is 35.2 Å². The number of halogens is 1. The lowest BCUT2D eigenvalue weighted by Gasteiger charge is -2.32. The minimum Gasteiger partial charge on any atom is -0.542 e. The third-order valence-electron chi connectivity index (χ3n) is 3.92. The molecule has 4 nitrogen and oxygen atoms in total. The lowest BCUT2D eigenvalue weighted by Crippen LogP contribution is -2.29. The molecule has 1 heterocycles. The first kappa shape index (κ1) is 18.0. The summed E-state index contributed by atoms with van der Waals surface area (Å²) in [6.07, 6.45) is 2.80. The second kappa shape index (κ2) is 6.67. The summed E-state index contributed by atoms with van der Waals surface area (Å²) in [4.78, 5) is 10.9. The minimum atomic E-state index is -1.84. The molecule has 0 saturated heterocycles. The van der Waals surface area contributed by atoms with E-state index in [0.717, 1.165) is 17.6 Å². The molecule has 130 valence electrons. The van der Waals surface area contributed by atoms with Crippen LogP contribution >= 0.6 is 0 Å². The summed E-state index contributed by atoms with van der Waals surface area (Å²) in [5, 5.41) is 10.9. The Bertz CT molecular complexity index is 729. The molecule has 1 aromatic rings. The van der Waals surface area contributed by atoms with Crippen molar-refractivity contribution in [3.63, 3.8) is 0 Å². The van der Waals surface area contributed by atoms with Gasteiger partial charge in [0.25, 0.3) is 0 Å². The zero-order chi connectivity index (χ0) is 18.1. The average molecular weight is 333 g/mol. The van der Waals surface area contributed by atoms with Gasteiger partial charge in [-0.05, 0) is 57.4 Å². The molecule has 0 amide bonds. The number of fused-ring (bicyclic) bond motifs is 1. The molecule has 0 bridgehead atoms. The Morgan fingerprint density at radius 2 is 2.00 bits per heavy atom. The maximum Gasteiger partial charge on any atom is 0.149 e. The smallest absolute Gasteiger partial charge is 0.149 e. The number of benzene rings is 1. The number of ether oxygens (including phenoxy) is 2. The van der Waals surface area contributed by atoms with E-state index in [2.05, 4.69) is 0 Å². The van der Waals surface area contributed by atoms with Crippen molar-refractivity contribution in [1.82, 2.24) is 0 Å². The Kier molecular flexibility index (Phi) is 5.02. The van der Waals surface area contributed by atoms with Crippen molar-refractivity contribution < 1.29 is 23.8 Å². The van der Waals surface area contributed by atoms with Gasteiger partial charge >= 0.3 is 0 Å². The van der Waals surface area contributed by atoms with Crippen LogP contribution in [0.5, 0.6) is 11.5 Å². The van der Waals surface area contributed by atoms with Gasteiger partial charge in [-0.2, -0.15) is 0 Å². The second-order valence-corrected chi connectivity index (χ2v) is 6.23. The van der Waals surface area contributed by atoms with Crippen molar-refractivity contribution in [2.45, 2.75) is 46.6 Å². The van der Waals surface area contributed by atoms with Crippen LogP contribution in [0.1, 0.15) is 52.2 Å². The highest BCUT2D eigenvalue weighted by Crippen LogP contribution is 2.43. The summed E-state index contributed by atoms with van der Waals surface area (Å²) < 4.78 is 25.4. The quantitative estimate of drug-likeness (QED) is 0.774. The topological polar surface area (TPSA) is 58.6 Å². The SMILES string of the molecule is CCOc1cc2c(cc1/C(C)=C(/F)C(=O)[O-])C(CC)=CC(C)(C)O2. The van der Waals surface area contributed by atoms with Crippen LogP contribution < -0.4 is 14.6 Å². The zero-order valence-corrected chi connectivity index (χ0v) is 14.7. The lowest BCUT2D eigenvalue weighted by molar-refractivity contribution is -0.301. The van der Waals surface area contributed by atoms with Crippen LogP contribution in [0.25, 0.3) is 11.1 Å². The number of carboxylic acid groups (broad SMARTS) is 1. The molecule has 0 radical (unpaired) electrons. The van der Waals surface area contributed by atoms with E-state index in [1.807, 2.05) is 26.8 Å². The van der Waals surface area contributed by atoms with Gasteiger partial charge in [-0.3, -0.25) is 0 Å². The minimum absolute atomic E-state index is 0.0264. The summed E-state index contributed by atoms with van der Waals surface area (Å²) in [6.45, 7) is 9.52. The Morgan fingerprint density at radius 3 is 2.54 bits per heavy atom. The molecule has 1 aliphatic heterocycles. The van der Waals surface area contributed by atoms with Crippen LogP contribution in [-0.4, -0.2) is 18.2 Å². The standard InChI is InChI=1S/C19H23FO4/c1-6-12-10-19(4,5)24-16-9-15(23-7-2)13(8-14(12)16)11(3)17(20)18(21)22/h8-10H,6-7H2,1-5H3,(H,21,22)/p-1/b17-11+. The zero-order valence-electron chi connectivity index (χ0n) is 14.7. The number of rotatable bonds is 5. The molecule has 0 saturated carbocycles. The molecule has 0 unspecified atom stereocenters. The van der Waals surface area contributed by atoms with Crippen LogP contribution in [-0.2, 0) is 4.79 Å². The van der Waals surface area contributed by atoms with E-state index >= 15 is 0 Å². The van der Waals surface area contributed by atoms with E-state index in [1.54, 1.807) is 19.1 Å². The molecular formula is C19H22FO4-. The largest absolute Gasteiger partial charge is 0.542 e. The summed E-state index contributed by atoms with van der Waals surface area (Å²) >= 11 is 0. The number of carboxylic acids is 1. The Morgan fingerprint density at radius 1 is 1.33 bits per heavy atom. The van der Waals surface area contributed by atoms with Crippen LogP contribution in [0.4, 0.5) is 4.39 Å². The van der Waals surface area contributed by atoms with Gasteiger partial charge in [0, 0.05) is 17.2 Å². The van der Waals surface area contributed by atoms with Gasteiger partial charge in [0.2, 0.25) is 0 Å². The predicted octanol–water partition coefficient (Wildman–Crippen LogP) is 3.50. The highest BCUT2D eigenvalue weighted by atomic mass is 19.1. The van der Waals surface area contributed by atoms with Crippen molar-refractivity contribution in [2.75, 3.05) is 6.61 Å². The molecule has 0 aliphatic carbocycles. The summed E-state index contributed by atoms with van der Waals surface area (Å²) in [5.74, 6) is -2.10. The Balaban J connectivity index is 2.70. The van der Waals surface area contributed by atoms with E-state index < -0.39 is 17.4 Å². The second-order valence-electron chi connectivity index (χ2n) is 6.23. The molecule has 0 spiro atoms. The number of hydrogen-bond donors (Lipinski definition) is 0. The first-order valence-corrected chi connectivity index (χ1v) is 8.00. The molecule has 0 fully saturated rings. The molecule has 1 aromatic carbocycles. The molecule has 5 heteroatoms. The molecule has 0 aromatic heterocycles. The molecule has 0 atom stereocenters. The van der Waals surface area contributed by atoms with Gasteiger partial charge in [-0.25, -0.2) is 4.39 Å². The van der Waals surface area contributed by atoms with Gasteiger partial charge in [0.05, 0.1) is 6.61 Å². The van der Waals surface area contributed by atoms with Crippen LogP contribution in [0.2, 0.25) is 0 Å². The summed E-state index contributed by atoms with van der Waals surface area (Å²) in [7, 11) is 0. The fraction of sp³-hybridized carbons (Fsp3) is 0.421. The first-order chi connectivity index (χ1) is 11.2. The number of carbonyl (C=O) groups is 1. The van der Waals surface area contributed by atoms with Crippen molar-refractivity contribution in [2.24, 2.45) is 0 Å². The molecule has 2 rings (SSSR count). The van der Waals surface area contributed by atoms with E-state index in [4.69, 9.17) is 9.47 Å². The van der Waals surface area contributed by atoms with E-state index in [9.17, 15) is 14.3 Å². The molecule has 1 aliphatic rings. The van der Waals surface area contributed by atoms with Gasteiger partial charge < -0.3 is 19.4 Å². The van der Waals surface area contributed by atoms with Crippen LogP contribution in [0, 0.1) is 0 Å². The third kappa shape index (κ3) is 3.45. The van der Waals surface area contributed by atoms with E-state index in [-0.39, 0.29) is 5.57 Å². The molecular weight excluding hydrogens is 311 g/mol. The highest BCUT2D eigenvalue weighted by Gasteiger charge is 2.28. The fourth-order valence-corrected chi connectivity index (χ4v) is 2.84. The predicted molar refractivity (Wildman–Crippen MR) is 89.3 cm³/mol. The van der Waals surface area contributed by atoms with Crippen molar-refractivity contribution >= 4 is 17.1 Å². The van der Waals surface area contributed by atoms with E-state index in [1.165, 1.54) is 6.92 Å². The van der Waals surface area contributed by atoms with Crippen molar-refractivity contribution in [1.29, 1.82) is 0 Å². The first-order valence-electron chi connectivity index (χ1n) is 8.00. The lowest BCUT2D eigenvalue weighted by atomic mass is 9.90. The number of allylic oxidation sites excluding steroid dienone is 2. The Hall–Kier alpha value is -2.30. The average Bonchev–Trinajstić information content (AvgIpc) is 2.51. The van der Waals surface area contributed by atoms with Gasteiger partial charge in [-0.1, -0.05) is 6.92 Å². The fourth-order valence-electron chi connectivity index (χ4n) is 2.84. The molecule has 0 N–H and O–H groups in total. The normalized spacial score (nSPS) is 16.5. The Labute approximate surface area is 141 Å². The maximum atomic E-state index is 13.9. The third-order valence-corrected chi connectivity index (χ3v) is 3.92. The van der Waals surface area contributed by atoms with Gasteiger partial charge in [-0.15, -0.1) is 0 Å². The maximum absolute atomic E-state index is 13.9. The van der Waals surface area contributed by atoms with E-state index in [0.29, 0.717) is 23.7 Å². The van der Waals surface area contributed by atoms with Gasteiger partial charge in [0.15, 0.2) is 0 Å². The van der Waals surface area contributed by atoms with Crippen LogP contribution in [0.15, 0.2) is 24.0 Å². The van der Waals surface area contributed by atoms with Gasteiger partial charge in [0.1, 0.15) is 28.9 Å². The number of aliphatic carboxylic acids is 1. The molecule has 24 heavy (non-hydrogen) atoms. The number of carbonyl (C=O) groups excluding carboxylic acids is 1. The highest BCUT2D eigenvalue weighted by molar-refractivity contribution is 5.94. The van der Waals surface area contributed by atoms with Crippen LogP contribution in [0.3, 0.4) is 0 Å².